The minimum atomic E-state index is 0.398. The molecule has 2 saturated carbocycles. The Balaban J connectivity index is 2.05. The van der Waals surface area contributed by atoms with Gasteiger partial charge in [-0.25, -0.2) is 0 Å². The van der Waals surface area contributed by atoms with Crippen LogP contribution in [0, 0.1) is 16.7 Å². The number of hydrogen-bond donors (Lipinski definition) is 1. The smallest absolute Gasteiger partial charge is 0.0198 e. The van der Waals surface area contributed by atoms with E-state index in [9.17, 15) is 0 Å². The van der Waals surface area contributed by atoms with Crippen LogP contribution in [0.3, 0.4) is 0 Å². The minimum absolute atomic E-state index is 0.398. The number of rotatable bonds is 1. The van der Waals surface area contributed by atoms with Crippen molar-refractivity contribution in [2.45, 2.75) is 52.0 Å². The van der Waals surface area contributed by atoms with Gasteiger partial charge in [-0.2, -0.15) is 0 Å². The first-order valence-electron chi connectivity index (χ1n) is 6.29. The highest BCUT2D eigenvalue weighted by Gasteiger charge is 2.61. The lowest BCUT2D eigenvalue weighted by Crippen LogP contribution is -2.45. The van der Waals surface area contributed by atoms with Gasteiger partial charge in [-0.05, 0) is 49.5 Å². The Hall–Kier alpha value is -0.300. The van der Waals surface area contributed by atoms with Gasteiger partial charge in [0.15, 0.2) is 0 Å². The normalized spacial score (nSPS) is 50.7. The maximum absolute atomic E-state index is 3.65. The van der Waals surface area contributed by atoms with Crippen molar-refractivity contribution in [3.8, 4) is 0 Å². The summed E-state index contributed by atoms with van der Waals surface area (Å²) in [5, 5.41) is 3.65. The highest BCUT2D eigenvalue weighted by atomic mass is 15.0. The number of hydrogen-bond acceptors (Lipinski definition) is 1. The van der Waals surface area contributed by atoms with E-state index in [0.29, 0.717) is 16.4 Å². The molecule has 2 fully saturated rings. The third kappa shape index (κ3) is 1.19. The molecule has 3 atom stereocenters. The average molecular weight is 205 g/mol. The van der Waals surface area contributed by atoms with E-state index in [4.69, 9.17) is 0 Å². The van der Waals surface area contributed by atoms with Crippen molar-refractivity contribution in [3.63, 3.8) is 0 Å². The van der Waals surface area contributed by atoms with Crippen LogP contribution in [-0.2, 0) is 0 Å². The summed E-state index contributed by atoms with van der Waals surface area (Å²) < 4.78 is 0. The molecule has 0 aromatic carbocycles. The van der Waals surface area contributed by atoms with E-state index in [1.165, 1.54) is 25.7 Å². The highest BCUT2D eigenvalue weighted by Crippen LogP contribution is 2.67. The molecule has 1 heteroatoms. The third-order valence-electron chi connectivity index (χ3n) is 5.13. The quantitative estimate of drug-likeness (QED) is 0.649. The lowest BCUT2D eigenvalue weighted by atomic mass is 9.58. The van der Waals surface area contributed by atoms with Gasteiger partial charge < -0.3 is 5.32 Å². The van der Waals surface area contributed by atoms with Crippen molar-refractivity contribution in [2.24, 2.45) is 16.7 Å². The standard InChI is InChI=1S/C14H23N/c1-12(2)5-10-6-13(3)9-14(8-12,15-4)7-11(10)13/h5,11,15H,6-9H2,1-4H3. The summed E-state index contributed by atoms with van der Waals surface area (Å²) in [6, 6.07) is 0. The molecule has 15 heavy (non-hydrogen) atoms. The fraction of sp³-hybridized carbons (Fsp3) is 0.857. The summed E-state index contributed by atoms with van der Waals surface area (Å²) in [7, 11) is 2.16. The molecule has 2 bridgehead atoms. The number of allylic oxidation sites excluding steroid dienone is 2. The van der Waals surface area contributed by atoms with Gasteiger partial charge in [-0.1, -0.05) is 32.4 Å². The van der Waals surface area contributed by atoms with Crippen molar-refractivity contribution in [3.05, 3.63) is 11.6 Å². The maximum atomic E-state index is 3.65. The van der Waals surface area contributed by atoms with E-state index in [2.05, 4.69) is 39.2 Å². The fourth-order valence-electron chi connectivity index (χ4n) is 4.82. The second-order valence-electron chi connectivity index (χ2n) is 7.18. The third-order valence-corrected chi connectivity index (χ3v) is 5.13. The molecule has 0 aromatic heterocycles. The van der Waals surface area contributed by atoms with E-state index in [1.807, 2.05) is 0 Å². The molecular formula is C14H23N. The minimum Gasteiger partial charge on any atom is -0.314 e. The molecule has 0 heterocycles. The van der Waals surface area contributed by atoms with Gasteiger partial charge >= 0.3 is 0 Å². The molecule has 3 unspecified atom stereocenters. The van der Waals surface area contributed by atoms with Crippen LogP contribution < -0.4 is 5.32 Å². The SMILES string of the molecule is CNC12CC3C(=CC(C)(C)C1)CC3(C)C2. The van der Waals surface area contributed by atoms with E-state index in [-0.39, 0.29) is 0 Å². The molecule has 0 amide bonds. The second kappa shape index (κ2) is 2.51. The Morgan fingerprint density at radius 3 is 2.67 bits per heavy atom. The molecule has 3 aliphatic carbocycles. The fourth-order valence-corrected chi connectivity index (χ4v) is 4.82. The highest BCUT2D eigenvalue weighted by molar-refractivity contribution is 5.34. The Bertz CT molecular complexity index is 341. The van der Waals surface area contributed by atoms with Crippen molar-refractivity contribution in [2.75, 3.05) is 7.05 Å². The summed E-state index contributed by atoms with van der Waals surface area (Å²) in [6.07, 6.45) is 8.03. The zero-order valence-corrected chi connectivity index (χ0v) is 10.5. The Labute approximate surface area is 93.3 Å². The summed E-state index contributed by atoms with van der Waals surface area (Å²) in [5.41, 5.74) is 3.22. The lowest BCUT2D eigenvalue weighted by Gasteiger charge is -2.48. The Kier molecular flexibility index (Phi) is 1.65. The van der Waals surface area contributed by atoms with Crippen molar-refractivity contribution < 1.29 is 0 Å². The van der Waals surface area contributed by atoms with Gasteiger partial charge in [0.1, 0.15) is 0 Å². The summed E-state index contributed by atoms with van der Waals surface area (Å²) in [6.45, 7) is 7.29. The van der Waals surface area contributed by atoms with Crippen LogP contribution in [0.1, 0.15) is 46.5 Å². The van der Waals surface area contributed by atoms with E-state index in [0.717, 1.165) is 5.92 Å². The van der Waals surface area contributed by atoms with Crippen molar-refractivity contribution in [1.29, 1.82) is 0 Å². The maximum Gasteiger partial charge on any atom is 0.0198 e. The predicted octanol–water partition coefficient (Wildman–Crippen LogP) is 3.12. The zero-order chi connectivity index (χ0) is 10.9. The molecule has 0 radical (unpaired) electrons. The van der Waals surface area contributed by atoms with Crippen LogP contribution in [-0.4, -0.2) is 12.6 Å². The van der Waals surface area contributed by atoms with Gasteiger partial charge in [-0.15, -0.1) is 0 Å². The first kappa shape index (κ1) is 9.89. The van der Waals surface area contributed by atoms with Crippen LogP contribution >= 0.6 is 0 Å². The Morgan fingerprint density at radius 2 is 2.00 bits per heavy atom. The number of fused-ring (bicyclic) bond motifs is 1. The van der Waals surface area contributed by atoms with Gasteiger partial charge in [0, 0.05) is 5.54 Å². The summed E-state index contributed by atoms with van der Waals surface area (Å²) in [4.78, 5) is 0. The van der Waals surface area contributed by atoms with Gasteiger partial charge in [0.25, 0.3) is 0 Å². The van der Waals surface area contributed by atoms with E-state index >= 15 is 0 Å². The summed E-state index contributed by atoms with van der Waals surface area (Å²) >= 11 is 0. The predicted molar refractivity (Wildman–Crippen MR) is 63.7 cm³/mol. The molecule has 1 N–H and O–H groups in total. The molecular weight excluding hydrogens is 182 g/mol. The first-order valence-corrected chi connectivity index (χ1v) is 6.29. The molecule has 0 aliphatic heterocycles. The zero-order valence-electron chi connectivity index (χ0n) is 10.5. The molecule has 0 aromatic rings. The largest absolute Gasteiger partial charge is 0.314 e. The van der Waals surface area contributed by atoms with Crippen molar-refractivity contribution in [1.82, 2.24) is 5.32 Å². The van der Waals surface area contributed by atoms with Crippen LogP contribution in [0.25, 0.3) is 0 Å². The molecule has 1 nitrogen and oxygen atoms in total. The van der Waals surface area contributed by atoms with Crippen LogP contribution in [0.4, 0.5) is 0 Å². The molecule has 3 aliphatic rings. The number of nitrogens with one attached hydrogen (secondary N) is 1. The molecule has 3 rings (SSSR count). The first-order chi connectivity index (χ1) is 6.88. The molecule has 0 saturated heterocycles. The average Bonchev–Trinajstić information content (AvgIpc) is 2.25. The topological polar surface area (TPSA) is 12.0 Å². The van der Waals surface area contributed by atoms with E-state index in [1.54, 1.807) is 5.57 Å². The van der Waals surface area contributed by atoms with Crippen LogP contribution in [0.2, 0.25) is 0 Å². The Morgan fingerprint density at radius 1 is 1.27 bits per heavy atom. The second-order valence-corrected chi connectivity index (χ2v) is 7.18. The van der Waals surface area contributed by atoms with Gasteiger partial charge in [0.05, 0.1) is 0 Å². The van der Waals surface area contributed by atoms with Gasteiger partial charge in [-0.3, -0.25) is 0 Å². The van der Waals surface area contributed by atoms with E-state index < -0.39 is 0 Å². The molecule has 84 valence electrons. The summed E-state index contributed by atoms with van der Waals surface area (Å²) in [5.74, 6) is 0.895. The van der Waals surface area contributed by atoms with Crippen molar-refractivity contribution >= 4 is 0 Å². The monoisotopic (exact) mass is 205 g/mol. The molecule has 0 spiro atoms. The van der Waals surface area contributed by atoms with Crippen LogP contribution in [0.15, 0.2) is 11.6 Å². The lowest BCUT2D eigenvalue weighted by molar-refractivity contribution is 0.145. The van der Waals surface area contributed by atoms with Crippen LogP contribution in [0.5, 0.6) is 0 Å². The van der Waals surface area contributed by atoms with Gasteiger partial charge in [0.2, 0.25) is 0 Å².